The number of non-ortho nitro benzene ring substituents is 1. The summed E-state index contributed by atoms with van der Waals surface area (Å²) in [6.45, 7) is 0.941. The van der Waals surface area contributed by atoms with Gasteiger partial charge in [-0.2, -0.15) is 4.31 Å². The Balaban J connectivity index is 1.66. The highest BCUT2D eigenvalue weighted by Gasteiger charge is 2.31. The number of nitro groups is 1. The van der Waals surface area contributed by atoms with Crippen molar-refractivity contribution in [3.8, 4) is 0 Å². The van der Waals surface area contributed by atoms with Gasteiger partial charge >= 0.3 is 0 Å². The van der Waals surface area contributed by atoms with Gasteiger partial charge in [-0.1, -0.05) is 0 Å². The number of nitro benzene ring substituents is 1. The van der Waals surface area contributed by atoms with E-state index in [2.05, 4.69) is 15.9 Å². The summed E-state index contributed by atoms with van der Waals surface area (Å²) in [5.41, 5.74) is 0.258. The summed E-state index contributed by atoms with van der Waals surface area (Å²) in [5, 5.41) is 10.7. The Morgan fingerprint density at radius 3 is 2.19 bits per heavy atom. The third kappa shape index (κ3) is 3.80. The van der Waals surface area contributed by atoms with Gasteiger partial charge in [0.05, 0.1) is 8.71 Å². The molecule has 0 saturated carbocycles. The van der Waals surface area contributed by atoms with Crippen LogP contribution in [0.2, 0.25) is 0 Å². The Morgan fingerprint density at radius 2 is 1.69 bits per heavy atom. The van der Waals surface area contributed by atoms with Crippen molar-refractivity contribution in [3.63, 3.8) is 0 Å². The second kappa shape index (κ2) is 7.43. The molecule has 26 heavy (non-hydrogen) atoms. The monoisotopic (exact) mass is 459 g/mol. The van der Waals surface area contributed by atoms with Gasteiger partial charge in [0.2, 0.25) is 0 Å². The van der Waals surface area contributed by atoms with Crippen LogP contribution in [0.4, 0.5) is 5.69 Å². The molecular formula is C15H14BrN3O5S2. The lowest BCUT2D eigenvalue weighted by Crippen LogP contribution is -2.50. The van der Waals surface area contributed by atoms with Crippen LogP contribution in [-0.2, 0) is 10.0 Å². The molecule has 1 aliphatic rings. The molecule has 2 aromatic rings. The molecular weight excluding hydrogens is 446 g/mol. The average molecular weight is 460 g/mol. The van der Waals surface area contributed by atoms with E-state index in [9.17, 15) is 23.3 Å². The summed E-state index contributed by atoms with van der Waals surface area (Å²) in [7, 11) is -3.56. The van der Waals surface area contributed by atoms with Crippen LogP contribution in [-0.4, -0.2) is 54.6 Å². The predicted octanol–water partition coefficient (Wildman–Crippen LogP) is 2.57. The Bertz CT molecular complexity index is 934. The van der Waals surface area contributed by atoms with Gasteiger partial charge in [0.25, 0.3) is 21.6 Å². The summed E-state index contributed by atoms with van der Waals surface area (Å²) in [6.07, 6.45) is 0. The van der Waals surface area contributed by atoms with Crippen LogP contribution in [0.1, 0.15) is 10.4 Å². The van der Waals surface area contributed by atoms with Crippen LogP contribution >= 0.6 is 27.3 Å². The number of hydrogen-bond acceptors (Lipinski definition) is 6. The molecule has 0 aliphatic carbocycles. The van der Waals surface area contributed by atoms with Crippen molar-refractivity contribution in [2.24, 2.45) is 0 Å². The molecule has 0 atom stereocenters. The van der Waals surface area contributed by atoms with Crippen molar-refractivity contribution >= 4 is 48.9 Å². The minimum absolute atomic E-state index is 0.0837. The first-order valence-electron chi connectivity index (χ1n) is 7.58. The van der Waals surface area contributed by atoms with Crippen molar-refractivity contribution in [2.45, 2.75) is 4.21 Å². The Morgan fingerprint density at radius 1 is 1.08 bits per heavy atom. The number of hydrogen-bond donors (Lipinski definition) is 0. The Kier molecular flexibility index (Phi) is 5.42. The molecule has 0 unspecified atom stereocenters. The second-order valence-corrected chi connectivity index (χ2v) is 10.2. The molecule has 1 amide bonds. The van der Waals surface area contributed by atoms with Gasteiger partial charge in [0.15, 0.2) is 0 Å². The number of nitrogens with zero attached hydrogens (tertiary/aromatic N) is 3. The summed E-state index contributed by atoms with van der Waals surface area (Å²) in [4.78, 5) is 24.2. The first-order chi connectivity index (χ1) is 12.3. The van der Waals surface area contributed by atoms with E-state index in [0.29, 0.717) is 5.56 Å². The SMILES string of the molecule is O=C(c1ccc([N+](=O)[O-])cc1)N1CCN(S(=O)(=O)c2ccc(Br)s2)CC1. The van der Waals surface area contributed by atoms with Crippen molar-refractivity contribution in [1.29, 1.82) is 0 Å². The largest absolute Gasteiger partial charge is 0.336 e. The summed E-state index contributed by atoms with van der Waals surface area (Å²) in [5.74, 6) is -0.268. The van der Waals surface area contributed by atoms with Crippen LogP contribution in [0.5, 0.6) is 0 Å². The smallest absolute Gasteiger partial charge is 0.269 e. The van der Waals surface area contributed by atoms with Gasteiger partial charge in [-0.15, -0.1) is 11.3 Å². The van der Waals surface area contributed by atoms with Gasteiger partial charge in [-0.3, -0.25) is 14.9 Å². The standard InChI is InChI=1S/C15H14BrN3O5S2/c16-13-5-6-14(25-13)26(23,24)18-9-7-17(8-10-18)15(20)11-1-3-12(4-2-11)19(21)22/h1-6H,7-10H2. The number of carbonyl (C=O) groups excluding carboxylic acids is 1. The maximum Gasteiger partial charge on any atom is 0.269 e. The molecule has 1 saturated heterocycles. The van der Waals surface area contributed by atoms with Gasteiger partial charge in [-0.25, -0.2) is 8.42 Å². The van der Waals surface area contributed by atoms with E-state index >= 15 is 0 Å². The van der Waals surface area contributed by atoms with Crippen LogP contribution < -0.4 is 0 Å². The Hall–Kier alpha value is -1.82. The fourth-order valence-electron chi connectivity index (χ4n) is 2.60. The molecule has 1 aromatic heterocycles. The molecule has 0 radical (unpaired) electrons. The molecule has 2 heterocycles. The number of sulfonamides is 1. The predicted molar refractivity (Wildman–Crippen MR) is 99.8 cm³/mol. The molecule has 0 bridgehead atoms. The van der Waals surface area contributed by atoms with E-state index in [1.165, 1.54) is 28.6 Å². The topological polar surface area (TPSA) is 101 Å². The third-order valence-electron chi connectivity index (χ3n) is 3.99. The first kappa shape index (κ1) is 19.0. The zero-order valence-corrected chi connectivity index (χ0v) is 16.6. The van der Waals surface area contributed by atoms with Crippen LogP contribution in [0, 0.1) is 10.1 Å². The van der Waals surface area contributed by atoms with Gasteiger partial charge in [0.1, 0.15) is 4.21 Å². The van der Waals surface area contributed by atoms with E-state index in [1.54, 1.807) is 17.0 Å². The molecule has 11 heteroatoms. The van der Waals surface area contributed by atoms with Gasteiger partial charge in [-0.05, 0) is 40.2 Å². The zero-order chi connectivity index (χ0) is 18.9. The highest BCUT2D eigenvalue weighted by Crippen LogP contribution is 2.29. The summed E-state index contributed by atoms with van der Waals surface area (Å²) in [6, 6.07) is 8.62. The van der Waals surface area contributed by atoms with Gasteiger partial charge in [0, 0.05) is 43.9 Å². The second-order valence-electron chi connectivity index (χ2n) is 5.56. The van der Waals surface area contributed by atoms with Crippen molar-refractivity contribution in [2.75, 3.05) is 26.2 Å². The molecule has 1 aliphatic heterocycles. The third-order valence-corrected chi connectivity index (χ3v) is 7.98. The highest BCUT2D eigenvalue weighted by molar-refractivity contribution is 9.11. The lowest BCUT2D eigenvalue weighted by Gasteiger charge is -2.33. The van der Waals surface area contributed by atoms with Crippen molar-refractivity contribution < 1.29 is 18.1 Å². The molecule has 138 valence electrons. The van der Waals surface area contributed by atoms with Gasteiger partial charge < -0.3 is 4.90 Å². The quantitative estimate of drug-likeness (QED) is 0.516. The molecule has 0 N–H and O–H groups in total. The number of amides is 1. The average Bonchev–Trinajstić information content (AvgIpc) is 3.08. The van der Waals surface area contributed by atoms with Crippen molar-refractivity contribution in [1.82, 2.24) is 9.21 Å². The number of carbonyl (C=O) groups is 1. The zero-order valence-electron chi connectivity index (χ0n) is 13.4. The summed E-state index contributed by atoms with van der Waals surface area (Å²) < 4.78 is 27.6. The molecule has 0 spiro atoms. The minimum Gasteiger partial charge on any atom is -0.336 e. The van der Waals surface area contributed by atoms with E-state index in [4.69, 9.17) is 0 Å². The number of rotatable bonds is 4. The fourth-order valence-corrected chi connectivity index (χ4v) is 6.19. The van der Waals surface area contributed by atoms with Crippen LogP contribution in [0.15, 0.2) is 44.4 Å². The molecule has 8 nitrogen and oxygen atoms in total. The minimum atomic E-state index is -3.56. The maximum atomic E-state index is 12.6. The lowest BCUT2D eigenvalue weighted by atomic mass is 10.1. The van der Waals surface area contributed by atoms with E-state index in [-0.39, 0.29) is 42.0 Å². The van der Waals surface area contributed by atoms with E-state index in [0.717, 1.165) is 15.1 Å². The number of thiophene rings is 1. The van der Waals surface area contributed by atoms with Crippen molar-refractivity contribution in [3.05, 3.63) is 55.9 Å². The van der Waals surface area contributed by atoms with E-state index < -0.39 is 14.9 Å². The Labute approximate surface area is 162 Å². The molecule has 1 aromatic carbocycles. The maximum absolute atomic E-state index is 12.6. The lowest BCUT2D eigenvalue weighted by molar-refractivity contribution is -0.384. The fraction of sp³-hybridized carbons (Fsp3) is 0.267. The van der Waals surface area contributed by atoms with Crippen LogP contribution in [0.25, 0.3) is 0 Å². The number of benzene rings is 1. The van der Waals surface area contributed by atoms with Crippen LogP contribution in [0.3, 0.4) is 0 Å². The summed E-state index contributed by atoms with van der Waals surface area (Å²) >= 11 is 4.41. The van der Waals surface area contributed by atoms with E-state index in [1.807, 2.05) is 0 Å². The first-order valence-corrected chi connectivity index (χ1v) is 10.6. The number of piperazine rings is 1. The highest BCUT2D eigenvalue weighted by atomic mass is 79.9. The number of halogens is 1. The molecule has 1 fully saturated rings. The molecule has 3 rings (SSSR count). The normalized spacial score (nSPS) is 15.8.